The minimum absolute atomic E-state index is 0.204. The Balaban J connectivity index is 1.72. The monoisotopic (exact) mass is 386 g/mol. The first-order valence-electron chi connectivity index (χ1n) is 8.84. The van der Waals surface area contributed by atoms with Gasteiger partial charge in [0.2, 0.25) is 18.2 Å². The fourth-order valence-electron chi connectivity index (χ4n) is 3.30. The van der Waals surface area contributed by atoms with Crippen LogP contribution >= 0.6 is 11.6 Å². The number of benzene rings is 2. The van der Waals surface area contributed by atoms with Crippen LogP contribution in [0.15, 0.2) is 58.5 Å². The van der Waals surface area contributed by atoms with Crippen molar-refractivity contribution >= 4 is 34.9 Å². The highest BCUT2D eigenvalue weighted by Crippen LogP contribution is 2.26. The summed E-state index contributed by atoms with van der Waals surface area (Å²) < 4.78 is 13.5. The molecule has 0 saturated carbocycles. The van der Waals surface area contributed by atoms with Crippen LogP contribution in [0.1, 0.15) is 12.8 Å². The van der Waals surface area contributed by atoms with Crippen molar-refractivity contribution in [2.24, 2.45) is 15.7 Å². The first kappa shape index (κ1) is 17.6. The summed E-state index contributed by atoms with van der Waals surface area (Å²) >= 11 is 6.11. The minimum atomic E-state index is -0.526. The van der Waals surface area contributed by atoms with Crippen LogP contribution < -0.4 is 16.0 Å². The molecule has 0 spiro atoms. The Kier molecular flexibility index (Phi) is 4.85. The third kappa shape index (κ3) is 3.83. The zero-order chi connectivity index (χ0) is 18.8. The lowest BCUT2D eigenvalue weighted by Crippen LogP contribution is -2.54. The molecular formula is C19H20ClFN6. The van der Waals surface area contributed by atoms with Crippen molar-refractivity contribution in [2.45, 2.75) is 19.1 Å². The molecule has 2 aromatic rings. The van der Waals surface area contributed by atoms with E-state index in [-0.39, 0.29) is 11.8 Å². The lowest BCUT2D eigenvalue weighted by molar-refractivity contribution is 0.497. The Hall–Kier alpha value is -2.80. The number of halogens is 2. The quantitative estimate of drug-likeness (QED) is 0.847. The van der Waals surface area contributed by atoms with Crippen LogP contribution in [0.2, 0.25) is 5.02 Å². The molecular weight excluding hydrogens is 367 g/mol. The van der Waals surface area contributed by atoms with Crippen LogP contribution in [-0.2, 0) is 0 Å². The van der Waals surface area contributed by atoms with Crippen LogP contribution in [0, 0.1) is 5.82 Å². The fourth-order valence-corrected chi connectivity index (χ4v) is 3.49. The Bertz CT molecular complexity index is 876. The molecule has 3 N–H and O–H groups in total. The maximum Gasteiger partial charge on any atom is 0.222 e. The summed E-state index contributed by atoms with van der Waals surface area (Å²) in [5.41, 5.74) is 7.59. The van der Waals surface area contributed by atoms with Crippen molar-refractivity contribution in [2.75, 3.05) is 23.3 Å². The average molecular weight is 387 g/mol. The standard InChI is InChI=1S/C19H20ClFN6/c20-13-4-3-5-15(12-13)23-18-24-17(22)25-19(26-10-1-2-11-26)27(18)16-8-6-14(21)7-9-16/h3-9,12,18,23H,1-2,10-11H2,(H2,22,24). The second kappa shape index (κ2) is 7.44. The topological polar surface area (TPSA) is 69.2 Å². The summed E-state index contributed by atoms with van der Waals surface area (Å²) in [6.07, 6.45) is 1.67. The average Bonchev–Trinajstić information content (AvgIpc) is 3.17. The highest BCUT2D eigenvalue weighted by molar-refractivity contribution is 6.30. The maximum absolute atomic E-state index is 13.5. The molecule has 27 heavy (non-hydrogen) atoms. The Morgan fingerprint density at radius 1 is 1.11 bits per heavy atom. The molecule has 1 saturated heterocycles. The third-order valence-electron chi connectivity index (χ3n) is 4.54. The smallest absolute Gasteiger partial charge is 0.222 e. The van der Waals surface area contributed by atoms with Crippen molar-refractivity contribution in [3.05, 3.63) is 59.4 Å². The van der Waals surface area contributed by atoms with Gasteiger partial charge in [0.1, 0.15) is 5.82 Å². The van der Waals surface area contributed by atoms with Gasteiger partial charge in [-0.15, -0.1) is 0 Å². The molecule has 4 rings (SSSR count). The first-order valence-corrected chi connectivity index (χ1v) is 9.22. The van der Waals surface area contributed by atoms with Gasteiger partial charge >= 0.3 is 0 Å². The maximum atomic E-state index is 13.5. The first-order chi connectivity index (χ1) is 13.1. The Morgan fingerprint density at radius 2 is 1.85 bits per heavy atom. The van der Waals surface area contributed by atoms with Gasteiger partial charge in [-0.25, -0.2) is 9.38 Å². The molecule has 8 heteroatoms. The molecule has 0 bridgehead atoms. The van der Waals surface area contributed by atoms with Gasteiger partial charge in [-0.05, 0) is 55.3 Å². The SMILES string of the molecule is NC1=NC(Nc2cccc(Cl)c2)N(c2ccc(F)cc2)C(N2CCCC2)=N1. The van der Waals surface area contributed by atoms with Gasteiger partial charge < -0.3 is 16.0 Å². The van der Waals surface area contributed by atoms with Gasteiger partial charge in [-0.3, -0.25) is 4.90 Å². The number of anilines is 2. The van der Waals surface area contributed by atoms with Crippen molar-refractivity contribution in [1.29, 1.82) is 0 Å². The summed E-state index contributed by atoms with van der Waals surface area (Å²) in [5.74, 6) is 0.624. The number of aliphatic imine (C=N–C) groups is 2. The van der Waals surface area contributed by atoms with Crippen LogP contribution in [0.3, 0.4) is 0 Å². The van der Waals surface area contributed by atoms with Crippen LogP contribution in [0.5, 0.6) is 0 Å². The van der Waals surface area contributed by atoms with E-state index >= 15 is 0 Å². The third-order valence-corrected chi connectivity index (χ3v) is 4.78. The lowest BCUT2D eigenvalue weighted by Gasteiger charge is -2.38. The van der Waals surface area contributed by atoms with Crippen molar-refractivity contribution in [3.8, 4) is 0 Å². The van der Waals surface area contributed by atoms with Gasteiger partial charge in [0.05, 0.1) is 0 Å². The van der Waals surface area contributed by atoms with Gasteiger partial charge in [0.25, 0.3) is 0 Å². The van der Waals surface area contributed by atoms with Crippen LogP contribution in [0.4, 0.5) is 15.8 Å². The Labute approximate surface area is 162 Å². The summed E-state index contributed by atoms with van der Waals surface area (Å²) in [6.45, 7) is 1.79. The highest BCUT2D eigenvalue weighted by Gasteiger charge is 2.32. The van der Waals surface area contributed by atoms with E-state index in [1.54, 1.807) is 18.2 Å². The highest BCUT2D eigenvalue weighted by atomic mass is 35.5. The molecule has 0 amide bonds. The lowest BCUT2D eigenvalue weighted by atomic mass is 10.2. The van der Waals surface area contributed by atoms with E-state index in [9.17, 15) is 4.39 Å². The largest absolute Gasteiger partial charge is 0.368 e. The van der Waals surface area contributed by atoms with E-state index in [1.807, 2.05) is 23.1 Å². The summed E-state index contributed by atoms with van der Waals surface area (Å²) in [4.78, 5) is 13.1. The van der Waals surface area contributed by atoms with E-state index in [4.69, 9.17) is 17.3 Å². The summed E-state index contributed by atoms with van der Waals surface area (Å²) in [6, 6.07) is 13.7. The zero-order valence-corrected chi connectivity index (χ0v) is 15.4. The molecule has 0 aliphatic carbocycles. The number of guanidine groups is 2. The second-order valence-electron chi connectivity index (χ2n) is 6.47. The second-order valence-corrected chi connectivity index (χ2v) is 6.90. The number of nitrogens with two attached hydrogens (primary N) is 1. The predicted molar refractivity (Wildman–Crippen MR) is 108 cm³/mol. The van der Waals surface area contributed by atoms with Crippen molar-refractivity contribution in [1.82, 2.24) is 4.90 Å². The molecule has 2 aliphatic rings. The van der Waals surface area contributed by atoms with Crippen molar-refractivity contribution in [3.63, 3.8) is 0 Å². The number of hydrogen-bond donors (Lipinski definition) is 2. The fraction of sp³-hybridized carbons (Fsp3) is 0.263. The van der Waals surface area contributed by atoms with E-state index in [2.05, 4.69) is 20.2 Å². The predicted octanol–water partition coefficient (Wildman–Crippen LogP) is 3.46. The van der Waals surface area contributed by atoms with Gasteiger partial charge in [0.15, 0.2) is 0 Å². The summed E-state index contributed by atoms with van der Waals surface area (Å²) in [5, 5.41) is 3.96. The number of hydrogen-bond acceptors (Lipinski definition) is 6. The molecule has 2 aromatic carbocycles. The Morgan fingerprint density at radius 3 is 2.56 bits per heavy atom. The van der Waals surface area contributed by atoms with E-state index in [0.717, 1.165) is 37.3 Å². The molecule has 0 radical (unpaired) electrons. The number of nitrogens with one attached hydrogen (secondary N) is 1. The van der Waals surface area contributed by atoms with Gasteiger partial charge in [-0.2, -0.15) is 4.99 Å². The van der Waals surface area contributed by atoms with Crippen molar-refractivity contribution < 1.29 is 4.39 Å². The molecule has 0 aromatic heterocycles. The van der Waals surface area contributed by atoms with E-state index in [1.165, 1.54) is 12.1 Å². The van der Waals surface area contributed by atoms with E-state index in [0.29, 0.717) is 11.0 Å². The van der Waals surface area contributed by atoms with Crippen LogP contribution in [-0.4, -0.2) is 36.2 Å². The number of likely N-dealkylation sites (tertiary alicyclic amines) is 1. The molecule has 2 heterocycles. The minimum Gasteiger partial charge on any atom is -0.368 e. The molecule has 6 nitrogen and oxygen atoms in total. The zero-order valence-electron chi connectivity index (χ0n) is 14.6. The normalized spacial score (nSPS) is 19.7. The molecule has 2 aliphatic heterocycles. The molecule has 1 unspecified atom stereocenters. The van der Waals surface area contributed by atoms with E-state index < -0.39 is 6.29 Å². The van der Waals surface area contributed by atoms with Gasteiger partial charge in [0, 0.05) is 29.5 Å². The number of nitrogens with zero attached hydrogens (tertiary/aromatic N) is 4. The van der Waals surface area contributed by atoms with Crippen LogP contribution in [0.25, 0.3) is 0 Å². The molecule has 140 valence electrons. The molecule has 1 fully saturated rings. The summed E-state index contributed by atoms with van der Waals surface area (Å²) in [7, 11) is 0. The molecule has 1 atom stereocenters. The number of rotatable bonds is 3. The van der Waals surface area contributed by atoms with Gasteiger partial charge in [-0.1, -0.05) is 17.7 Å².